The number of pyridine rings is 1. The van der Waals surface area contributed by atoms with E-state index in [4.69, 9.17) is 5.11 Å². The van der Waals surface area contributed by atoms with Crippen molar-refractivity contribution in [2.24, 2.45) is 0 Å². The van der Waals surface area contributed by atoms with E-state index in [1.165, 1.54) is 0 Å². The lowest BCUT2D eigenvalue weighted by atomic mass is 10.3. The highest BCUT2D eigenvalue weighted by Crippen LogP contribution is 2.20. The Bertz CT molecular complexity index is 568. The number of nitrogens with zero attached hydrogens (tertiary/aromatic N) is 2. The second-order valence-corrected chi connectivity index (χ2v) is 5.56. The largest absolute Gasteiger partial charge is 0.478 e. The molecule has 6 nitrogen and oxygen atoms in total. The van der Waals surface area contributed by atoms with E-state index in [1.807, 2.05) is 0 Å². The number of carbonyl (C=O) groups is 1. The minimum Gasteiger partial charge on any atom is -0.478 e. The Morgan fingerprint density at radius 1 is 1.42 bits per heavy atom. The van der Waals surface area contributed by atoms with Crippen LogP contribution in [-0.2, 0) is 10.0 Å². The average molecular weight is 298 g/mol. The van der Waals surface area contributed by atoms with E-state index < -0.39 is 33.7 Å². The molecule has 0 saturated carbocycles. The molecule has 0 saturated heterocycles. The van der Waals surface area contributed by atoms with E-state index in [0.29, 0.717) is 0 Å². The number of sulfonamides is 1. The van der Waals surface area contributed by atoms with Gasteiger partial charge in [0.1, 0.15) is 6.54 Å². The van der Waals surface area contributed by atoms with Gasteiger partial charge in [0, 0.05) is 13.2 Å². The van der Waals surface area contributed by atoms with Crippen molar-refractivity contribution < 1.29 is 31.5 Å². The minimum absolute atomic E-state index is 0.0930. The third-order valence-corrected chi connectivity index (χ3v) is 3.78. The third kappa shape index (κ3) is 3.89. The predicted octanol–water partition coefficient (Wildman–Crippen LogP) is 0.963. The molecule has 0 unspecified atom stereocenters. The van der Waals surface area contributed by atoms with Gasteiger partial charge >= 0.3 is 12.1 Å². The van der Waals surface area contributed by atoms with Crippen molar-refractivity contribution in [2.45, 2.75) is 11.2 Å². The van der Waals surface area contributed by atoms with E-state index in [9.17, 15) is 26.4 Å². The van der Waals surface area contributed by atoms with E-state index in [-0.39, 0.29) is 9.87 Å². The molecular formula is C9H9F3N2O4S. The van der Waals surface area contributed by atoms with Gasteiger partial charge in [-0.2, -0.15) is 17.5 Å². The smallest absolute Gasteiger partial charge is 0.402 e. The number of alkyl halides is 3. The van der Waals surface area contributed by atoms with Crippen LogP contribution in [0, 0.1) is 0 Å². The average Bonchev–Trinajstić information content (AvgIpc) is 2.26. The number of aromatic nitrogens is 1. The molecule has 10 heteroatoms. The summed E-state index contributed by atoms with van der Waals surface area (Å²) in [6.07, 6.45) is -3.92. The first-order chi connectivity index (χ1) is 8.54. The lowest BCUT2D eigenvalue weighted by Gasteiger charge is -2.18. The van der Waals surface area contributed by atoms with Gasteiger partial charge in [0.2, 0.25) is 0 Å². The molecule has 0 bridgehead atoms. The second kappa shape index (κ2) is 5.13. The normalized spacial score (nSPS) is 12.7. The first-order valence-electron chi connectivity index (χ1n) is 4.76. The van der Waals surface area contributed by atoms with Gasteiger partial charge in [-0.15, -0.1) is 0 Å². The molecule has 0 aromatic carbocycles. The Kier molecular flexibility index (Phi) is 4.15. The lowest BCUT2D eigenvalue weighted by Crippen LogP contribution is -2.36. The summed E-state index contributed by atoms with van der Waals surface area (Å²) in [4.78, 5) is 13.9. The lowest BCUT2D eigenvalue weighted by molar-refractivity contribution is -0.134. The molecule has 0 atom stereocenters. The molecule has 0 aliphatic carbocycles. The fourth-order valence-corrected chi connectivity index (χ4v) is 2.22. The van der Waals surface area contributed by atoms with Crippen LogP contribution < -0.4 is 0 Å². The molecule has 0 aliphatic heterocycles. The summed E-state index contributed by atoms with van der Waals surface area (Å²) in [5.41, 5.74) is -0.266. The van der Waals surface area contributed by atoms with Crippen molar-refractivity contribution in [2.75, 3.05) is 13.6 Å². The summed E-state index contributed by atoms with van der Waals surface area (Å²) in [6.45, 7) is -1.66. The van der Waals surface area contributed by atoms with Crippen LogP contribution in [0.2, 0.25) is 0 Å². The molecule has 1 aromatic heterocycles. The van der Waals surface area contributed by atoms with Gasteiger partial charge in [-0.1, -0.05) is 0 Å². The highest BCUT2D eigenvalue weighted by molar-refractivity contribution is 7.89. The highest BCUT2D eigenvalue weighted by Gasteiger charge is 2.35. The van der Waals surface area contributed by atoms with E-state index >= 15 is 0 Å². The van der Waals surface area contributed by atoms with Crippen molar-refractivity contribution >= 4 is 16.0 Å². The molecular weight excluding hydrogens is 289 g/mol. The molecule has 1 rings (SSSR count). The van der Waals surface area contributed by atoms with Gasteiger partial charge < -0.3 is 5.11 Å². The highest BCUT2D eigenvalue weighted by atomic mass is 32.2. The van der Waals surface area contributed by atoms with Crippen molar-refractivity contribution in [3.8, 4) is 0 Å². The Balaban J connectivity index is 3.03. The molecule has 1 N–H and O–H groups in total. The van der Waals surface area contributed by atoms with Crippen molar-refractivity contribution in [3.63, 3.8) is 0 Å². The zero-order chi connectivity index (χ0) is 14.8. The fraction of sp³-hybridized carbons (Fsp3) is 0.333. The molecule has 19 heavy (non-hydrogen) atoms. The maximum Gasteiger partial charge on any atom is 0.402 e. The number of hydrogen-bond donors (Lipinski definition) is 1. The summed E-state index contributed by atoms with van der Waals surface area (Å²) in [7, 11) is -3.65. The summed E-state index contributed by atoms with van der Waals surface area (Å²) in [5, 5.41) is 7.94. The van der Waals surface area contributed by atoms with Crippen molar-refractivity contribution in [1.29, 1.82) is 0 Å². The Labute approximate surface area is 106 Å². The van der Waals surface area contributed by atoms with Gasteiger partial charge in [-0.25, -0.2) is 18.2 Å². The second-order valence-electron chi connectivity index (χ2n) is 3.57. The SMILES string of the molecule is CN(CC(F)(F)F)S(=O)(=O)c1ccc(C(=O)O)cn1. The monoisotopic (exact) mass is 298 g/mol. The van der Waals surface area contributed by atoms with Crippen LogP contribution in [-0.4, -0.2) is 48.6 Å². The maximum atomic E-state index is 12.1. The predicted molar refractivity (Wildman–Crippen MR) is 57.1 cm³/mol. The Hall–Kier alpha value is -1.68. The molecule has 1 heterocycles. The zero-order valence-electron chi connectivity index (χ0n) is 9.55. The molecule has 0 fully saturated rings. The molecule has 0 aliphatic rings. The summed E-state index contributed by atoms with van der Waals surface area (Å²) >= 11 is 0. The van der Waals surface area contributed by atoms with Crippen LogP contribution >= 0.6 is 0 Å². The van der Waals surface area contributed by atoms with Crippen molar-refractivity contribution in [1.82, 2.24) is 9.29 Å². The number of halogens is 3. The molecule has 0 spiro atoms. The summed E-state index contributed by atoms with van der Waals surface area (Å²) in [6, 6.07) is 1.79. The summed E-state index contributed by atoms with van der Waals surface area (Å²) in [5.74, 6) is -1.32. The zero-order valence-corrected chi connectivity index (χ0v) is 10.4. The molecule has 0 amide bonds. The van der Waals surface area contributed by atoms with Crippen LogP contribution in [0.3, 0.4) is 0 Å². The molecule has 106 valence electrons. The number of hydrogen-bond acceptors (Lipinski definition) is 4. The van der Waals surface area contributed by atoms with Crippen LogP contribution in [0.25, 0.3) is 0 Å². The number of aromatic carboxylic acids is 1. The molecule has 1 aromatic rings. The van der Waals surface area contributed by atoms with E-state index in [0.717, 1.165) is 25.4 Å². The van der Waals surface area contributed by atoms with Gasteiger partial charge in [0.05, 0.1) is 5.56 Å². The minimum atomic E-state index is -4.68. The number of carboxylic acid groups (broad SMARTS) is 1. The number of rotatable bonds is 4. The van der Waals surface area contributed by atoms with Gasteiger partial charge in [-0.05, 0) is 12.1 Å². The summed E-state index contributed by atoms with van der Waals surface area (Å²) < 4.78 is 59.9. The van der Waals surface area contributed by atoms with E-state index in [1.54, 1.807) is 0 Å². The van der Waals surface area contributed by atoms with Crippen LogP contribution in [0.1, 0.15) is 10.4 Å². The third-order valence-electron chi connectivity index (χ3n) is 2.06. The van der Waals surface area contributed by atoms with Gasteiger partial charge in [0.15, 0.2) is 5.03 Å². The van der Waals surface area contributed by atoms with Gasteiger partial charge in [0.25, 0.3) is 10.0 Å². The molecule has 0 radical (unpaired) electrons. The number of carboxylic acids is 1. The van der Waals surface area contributed by atoms with E-state index in [2.05, 4.69) is 4.98 Å². The van der Waals surface area contributed by atoms with Gasteiger partial charge in [-0.3, -0.25) is 0 Å². The van der Waals surface area contributed by atoms with Crippen LogP contribution in [0.5, 0.6) is 0 Å². The Morgan fingerprint density at radius 2 is 2.00 bits per heavy atom. The van der Waals surface area contributed by atoms with Crippen molar-refractivity contribution in [3.05, 3.63) is 23.9 Å². The van der Waals surface area contributed by atoms with Crippen LogP contribution in [0.15, 0.2) is 23.4 Å². The fourth-order valence-electron chi connectivity index (χ4n) is 1.16. The standard InChI is InChI=1S/C9H9F3N2O4S/c1-14(5-9(10,11)12)19(17,18)7-3-2-6(4-13-7)8(15)16/h2-4H,5H2,1H3,(H,15,16). The quantitative estimate of drug-likeness (QED) is 0.894. The maximum absolute atomic E-state index is 12.1. The first-order valence-corrected chi connectivity index (χ1v) is 6.20. The first kappa shape index (κ1) is 15.4. The topological polar surface area (TPSA) is 87.6 Å². The van der Waals surface area contributed by atoms with Crippen LogP contribution in [0.4, 0.5) is 13.2 Å². The Morgan fingerprint density at radius 3 is 2.37 bits per heavy atom.